The Hall–Kier alpha value is -0.940. The van der Waals surface area contributed by atoms with E-state index in [1.54, 1.807) is 11.3 Å². The number of carboxylic acids is 1. The fraction of sp³-hybridized carbons (Fsp3) is 0.556. The second kappa shape index (κ2) is 5.07. The summed E-state index contributed by atoms with van der Waals surface area (Å²) < 4.78 is 0. The van der Waals surface area contributed by atoms with Crippen LogP contribution in [0.15, 0.2) is 6.20 Å². The third-order valence-corrected chi connectivity index (χ3v) is 3.17. The van der Waals surface area contributed by atoms with Crippen LogP contribution in [-0.4, -0.2) is 22.6 Å². The van der Waals surface area contributed by atoms with Crippen molar-refractivity contribution >= 4 is 17.3 Å². The maximum Gasteiger partial charge on any atom is 0.317 e. The Kier molecular flexibility index (Phi) is 4.03. The number of carbonyl (C=O) groups is 1. The number of nitrogens with zero attached hydrogens (tertiary/aromatic N) is 1. The van der Waals surface area contributed by atoms with E-state index in [4.69, 9.17) is 5.11 Å². The predicted molar refractivity (Wildman–Crippen MR) is 55.5 cm³/mol. The Balaban J connectivity index is 2.51. The molecule has 0 saturated heterocycles. The van der Waals surface area contributed by atoms with Crippen LogP contribution in [-0.2, 0) is 11.2 Å². The van der Waals surface area contributed by atoms with Gasteiger partial charge in [0.15, 0.2) is 0 Å². The molecule has 0 saturated carbocycles. The minimum atomic E-state index is -0.843. The summed E-state index contributed by atoms with van der Waals surface area (Å²) in [5, 5.41) is 12.3. The van der Waals surface area contributed by atoms with Crippen molar-refractivity contribution in [3.8, 4) is 0 Å². The molecule has 1 rings (SSSR count). The smallest absolute Gasteiger partial charge is 0.317 e. The number of aryl methyl sites for hydroxylation is 1. The fourth-order valence-electron chi connectivity index (χ4n) is 1.01. The van der Waals surface area contributed by atoms with Crippen molar-refractivity contribution in [2.24, 2.45) is 0 Å². The van der Waals surface area contributed by atoms with Crippen molar-refractivity contribution in [2.45, 2.75) is 26.3 Å². The number of rotatable bonds is 5. The second-order valence-corrected chi connectivity index (χ2v) is 4.16. The highest BCUT2D eigenvalue weighted by Gasteiger charge is 2.10. The third-order valence-electron chi connectivity index (χ3n) is 1.85. The van der Waals surface area contributed by atoms with E-state index in [1.165, 1.54) is 4.88 Å². The van der Waals surface area contributed by atoms with Crippen LogP contribution >= 0.6 is 11.3 Å². The molecule has 0 bridgehead atoms. The first-order valence-electron chi connectivity index (χ1n) is 4.53. The van der Waals surface area contributed by atoms with Crippen LogP contribution < -0.4 is 5.32 Å². The summed E-state index contributed by atoms with van der Waals surface area (Å²) >= 11 is 1.63. The van der Waals surface area contributed by atoms with E-state index < -0.39 is 5.97 Å². The number of hydrogen-bond acceptors (Lipinski definition) is 4. The molecular formula is C9H14N2O2S. The molecule has 0 aliphatic carbocycles. The topological polar surface area (TPSA) is 62.2 Å². The monoisotopic (exact) mass is 214 g/mol. The quantitative estimate of drug-likeness (QED) is 0.778. The highest BCUT2D eigenvalue weighted by atomic mass is 32.1. The minimum absolute atomic E-state index is 0.0106. The summed E-state index contributed by atoms with van der Waals surface area (Å²) in [7, 11) is 0. The molecule has 0 amide bonds. The summed E-state index contributed by atoms with van der Waals surface area (Å²) in [4.78, 5) is 15.8. The van der Waals surface area contributed by atoms with Crippen LogP contribution in [0.5, 0.6) is 0 Å². The molecule has 14 heavy (non-hydrogen) atoms. The molecule has 0 radical (unpaired) electrons. The van der Waals surface area contributed by atoms with Crippen molar-refractivity contribution < 1.29 is 9.90 Å². The maximum atomic E-state index is 10.3. The van der Waals surface area contributed by atoms with Gasteiger partial charge in [0.1, 0.15) is 5.01 Å². The number of hydrogen-bond donors (Lipinski definition) is 2. The van der Waals surface area contributed by atoms with Gasteiger partial charge < -0.3 is 5.11 Å². The predicted octanol–water partition coefficient (Wildman–Crippen LogP) is 1.44. The van der Waals surface area contributed by atoms with Crippen LogP contribution in [0.1, 0.15) is 29.8 Å². The Morgan fingerprint density at radius 2 is 2.50 bits per heavy atom. The molecule has 0 aromatic carbocycles. The summed E-state index contributed by atoms with van der Waals surface area (Å²) in [5.74, 6) is -0.843. The van der Waals surface area contributed by atoms with E-state index in [1.807, 2.05) is 13.1 Å². The van der Waals surface area contributed by atoms with Crippen molar-refractivity contribution in [1.82, 2.24) is 10.3 Å². The van der Waals surface area contributed by atoms with Crippen LogP contribution in [0.2, 0.25) is 0 Å². The van der Waals surface area contributed by atoms with Crippen LogP contribution in [0, 0.1) is 0 Å². The first kappa shape index (κ1) is 11.1. The maximum absolute atomic E-state index is 10.3. The van der Waals surface area contributed by atoms with Gasteiger partial charge in [-0.25, -0.2) is 4.98 Å². The molecule has 1 atom stereocenters. The molecular weight excluding hydrogens is 200 g/mol. The highest BCUT2D eigenvalue weighted by Crippen LogP contribution is 2.19. The average molecular weight is 214 g/mol. The van der Waals surface area contributed by atoms with Gasteiger partial charge in [-0.3, -0.25) is 10.1 Å². The van der Waals surface area contributed by atoms with Gasteiger partial charge in [0, 0.05) is 11.1 Å². The molecule has 0 aliphatic heterocycles. The van der Waals surface area contributed by atoms with Crippen LogP contribution in [0.25, 0.3) is 0 Å². The molecule has 78 valence electrons. The molecule has 1 unspecified atom stereocenters. The van der Waals surface area contributed by atoms with Gasteiger partial charge in [0.05, 0.1) is 12.6 Å². The lowest BCUT2D eigenvalue weighted by Crippen LogP contribution is -2.25. The Bertz CT molecular complexity index is 312. The molecule has 0 fully saturated rings. The lowest BCUT2D eigenvalue weighted by molar-refractivity contribution is -0.136. The SMILES string of the molecule is CCc1cnc(C(C)NCC(=O)O)s1. The van der Waals surface area contributed by atoms with Gasteiger partial charge in [0.2, 0.25) is 0 Å². The largest absolute Gasteiger partial charge is 0.480 e. The second-order valence-electron chi connectivity index (χ2n) is 3.01. The van der Waals surface area contributed by atoms with E-state index >= 15 is 0 Å². The zero-order valence-electron chi connectivity index (χ0n) is 8.28. The van der Waals surface area contributed by atoms with Crippen molar-refractivity contribution in [3.63, 3.8) is 0 Å². The normalized spacial score (nSPS) is 12.7. The van der Waals surface area contributed by atoms with Crippen molar-refractivity contribution in [3.05, 3.63) is 16.1 Å². The molecule has 5 heteroatoms. The number of aliphatic carboxylic acids is 1. The van der Waals surface area contributed by atoms with Crippen LogP contribution in [0.4, 0.5) is 0 Å². The average Bonchev–Trinajstić information content (AvgIpc) is 2.62. The number of thiazole rings is 1. The minimum Gasteiger partial charge on any atom is -0.480 e. The zero-order chi connectivity index (χ0) is 10.6. The summed E-state index contributed by atoms with van der Waals surface area (Å²) in [6.07, 6.45) is 2.82. The molecule has 2 N–H and O–H groups in total. The van der Waals surface area contributed by atoms with Crippen molar-refractivity contribution in [1.29, 1.82) is 0 Å². The van der Waals surface area contributed by atoms with E-state index in [0.29, 0.717) is 0 Å². The molecule has 4 nitrogen and oxygen atoms in total. The highest BCUT2D eigenvalue weighted by molar-refractivity contribution is 7.11. The molecule has 0 spiro atoms. The van der Waals surface area contributed by atoms with Crippen LogP contribution in [0.3, 0.4) is 0 Å². The summed E-state index contributed by atoms with van der Waals surface area (Å²) in [6, 6.07) is 0.0106. The Labute approximate surface area is 87.0 Å². The molecule has 0 aliphatic rings. The number of carboxylic acid groups (broad SMARTS) is 1. The van der Waals surface area contributed by atoms with Gasteiger partial charge in [-0.05, 0) is 13.3 Å². The van der Waals surface area contributed by atoms with E-state index in [-0.39, 0.29) is 12.6 Å². The summed E-state index contributed by atoms with van der Waals surface area (Å²) in [6.45, 7) is 3.97. The lowest BCUT2D eigenvalue weighted by Gasteiger charge is -2.07. The zero-order valence-corrected chi connectivity index (χ0v) is 9.10. The Morgan fingerprint density at radius 3 is 3.00 bits per heavy atom. The van der Waals surface area contributed by atoms with E-state index in [0.717, 1.165) is 11.4 Å². The van der Waals surface area contributed by atoms with E-state index in [2.05, 4.69) is 17.2 Å². The lowest BCUT2D eigenvalue weighted by atomic mass is 10.3. The number of nitrogens with one attached hydrogen (secondary N) is 1. The first-order chi connectivity index (χ1) is 6.63. The fourth-order valence-corrected chi connectivity index (χ4v) is 1.90. The molecule has 1 aromatic rings. The van der Waals surface area contributed by atoms with Gasteiger partial charge in [-0.15, -0.1) is 11.3 Å². The Morgan fingerprint density at radius 1 is 1.79 bits per heavy atom. The number of aromatic nitrogens is 1. The van der Waals surface area contributed by atoms with Crippen molar-refractivity contribution in [2.75, 3.05) is 6.54 Å². The van der Waals surface area contributed by atoms with Gasteiger partial charge in [-0.2, -0.15) is 0 Å². The third kappa shape index (κ3) is 3.08. The first-order valence-corrected chi connectivity index (χ1v) is 5.35. The summed E-state index contributed by atoms with van der Waals surface area (Å²) in [5.41, 5.74) is 0. The molecule has 1 heterocycles. The standard InChI is InChI=1S/C9H14N2O2S/c1-3-7-4-11-9(14-7)6(2)10-5-8(12)13/h4,6,10H,3,5H2,1-2H3,(H,12,13). The molecule has 1 aromatic heterocycles. The van der Waals surface area contributed by atoms with Gasteiger partial charge in [-0.1, -0.05) is 6.92 Å². The van der Waals surface area contributed by atoms with Gasteiger partial charge >= 0.3 is 5.97 Å². The van der Waals surface area contributed by atoms with E-state index in [9.17, 15) is 4.79 Å². The van der Waals surface area contributed by atoms with Gasteiger partial charge in [0.25, 0.3) is 0 Å².